The molecule has 0 bridgehead atoms. The molecule has 84 valence electrons. The van der Waals surface area contributed by atoms with Crippen LogP contribution in [0.5, 0.6) is 0 Å². The van der Waals surface area contributed by atoms with Crippen molar-refractivity contribution in [2.45, 2.75) is 53.1 Å². The highest BCUT2D eigenvalue weighted by Gasteiger charge is 2.24. The van der Waals surface area contributed by atoms with Gasteiger partial charge in [0.25, 0.3) is 0 Å². The molecule has 0 rings (SSSR count). The first-order valence-corrected chi connectivity index (χ1v) is 5.39. The number of aliphatic carboxylic acids is 1. The second kappa shape index (κ2) is 6.02. The monoisotopic (exact) mass is 201 g/mol. The Labute approximate surface area is 86.9 Å². The molecule has 0 aromatic carbocycles. The van der Waals surface area contributed by atoms with Crippen LogP contribution in [0.3, 0.4) is 0 Å². The van der Waals surface area contributed by atoms with Gasteiger partial charge >= 0.3 is 5.97 Å². The molecule has 0 saturated carbocycles. The van der Waals surface area contributed by atoms with Crippen LogP contribution in [-0.2, 0) is 4.79 Å². The van der Waals surface area contributed by atoms with Crippen LogP contribution in [0.2, 0.25) is 0 Å². The molecule has 0 amide bonds. The van der Waals surface area contributed by atoms with Gasteiger partial charge in [0, 0.05) is 6.04 Å². The standard InChI is InChI=1S/C11H23NO2/c1-6-8(4)9(5)12-10(7(2)3)11(13)14/h7-10,12H,6H2,1-5H3,(H,13,14). The van der Waals surface area contributed by atoms with Gasteiger partial charge in [-0.05, 0) is 18.8 Å². The fourth-order valence-electron chi connectivity index (χ4n) is 1.35. The van der Waals surface area contributed by atoms with Crippen LogP contribution in [0.15, 0.2) is 0 Å². The zero-order valence-electron chi connectivity index (χ0n) is 9.87. The van der Waals surface area contributed by atoms with Crippen LogP contribution >= 0.6 is 0 Å². The predicted molar refractivity (Wildman–Crippen MR) is 58.3 cm³/mol. The molecule has 14 heavy (non-hydrogen) atoms. The van der Waals surface area contributed by atoms with Crippen molar-refractivity contribution in [1.29, 1.82) is 0 Å². The largest absolute Gasteiger partial charge is 0.480 e. The molecular weight excluding hydrogens is 178 g/mol. The Balaban J connectivity index is 4.23. The number of nitrogens with one attached hydrogen (secondary N) is 1. The van der Waals surface area contributed by atoms with Crippen LogP contribution in [0, 0.1) is 11.8 Å². The number of hydrogen-bond acceptors (Lipinski definition) is 2. The van der Waals surface area contributed by atoms with Gasteiger partial charge in [0.15, 0.2) is 0 Å². The topological polar surface area (TPSA) is 49.3 Å². The smallest absolute Gasteiger partial charge is 0.320 e. The summed E-state index contributed by atoms with van der Waals surface area (Å²) in [4.78, 5) is 10.9. The lowest BCUT2D eigenvalue weighted by molar-refractivity contribution is -0.141. The molecule has 3 nitrogen and oxygen atoms in total. The summed E-state index contributed by atoms with van der Waals surface area (Å²) in [6.07, 6.45) is 1.07. The van der Waals surface area contributed by atoms with Crippen LogP contribution in [0.4, 0.5) is 0 Å². The fraction of sp³-hybridized carbons (Fsp3) is 0.909. The van der Waals surface area contributed by atoms with Crippen molar-refractivity contribution in [2.75, 3.05) is 0 Å². The molecule has 0 aliphatic carbocycles. The molecule has 3 unspecified atom stereocenters. The molecule has 2 N–H and O–H groups in total. The van der Waals surface area contributed by atoms with E-state index in [1.165, 1.54) is 0 Å². The Morgan fingerprint density at radius 1 is 1.29 bits per heavy atom. The van der Waals surface area contributed by atoms with Crippen LogP contribution < -0.4 is 5.32 Å². The fourth-order valence-corrected chi connectivity index (χ4v) is 1.35. The van der Waals surface area contributed by atoms with Crippen molar-refractivity contribution >= 4 is 5.97 Å². The zero-order chi connectivity index (χ0) is 11.3. The Morgan fingerprint density at radius 2 is 1.79 bits per heavy atom. The maximum absolute atomic E-state index is 10.9. The van der Waals surface area contributed by atoms with E-state index in [0.29, 0.717) is 5.92 Å². The summed E-state index contributed by atoms with van der Waals surface area (Å²) in [5, 5.41) is 12.2. The van der Waals surface area contributed by atoms with E-state index in [9.17, 15) is 4.79 Å². The molecule has 0 aliphatic heterocycles. The number of hydrogen-bond donors (Lipinski definition) is 2. The minimum Gasteiger partial charge on any atom is -0.480 e. The quantitative estimate of drug-likeness (QED) is 0.692. The lowest BCUT2D eigenvalue weighted by Crippen LogP contribution is -2.47. The number of carboxylic acid groups (broad SMARTS) is 1. The normalized spacial score (nSPS) is 17.9. The molecule has 0 heterocycles. The molecule has 0 saturated heterocycles. The summed E-state index contributed by atoms with van der Waals surface area (Å²) < 4.78 is 0. The first kappa shape index (κ1) is 13.4. The molecular formula is C11H23NO2. The minimum absolute atomic E-state index is 0.124. The van der Waals surface area contributed by atoms with Crippen molar-refractivity contribution in [3.8, 4) is 0 Å². The highest BCUT2D eigenvalue weighted by atomic mass is 16.4. The third-order valence-electron chi connectivity index (χ3n) is 2.87. The van der Waals surface area contributed by atoms with E-state index >= 15 is 0 Å². The van der Waals surface area contributed by atoms with Gasteiger partial charge in [-0.1, -0.05) is 34.1 Å². The summed E-state index contributed by atoms with van der Waals surface area (Å²) >= 11 is 0. The van der Waals surface area contributed by atoms with Crippen molar-refractivity contribution in [2.24, 2.45) is 11.8 Å². The average Bonchev–Trinajstić information content (AvgIpc) is 2.11. The number of carboxylic acids is 1. The maximum Gasteiger partial charge on any atom is 0.320 e. The van der Waals surface area contributed by atoms with Gasteiger partial charge in [0.05, 0.1) is 0 Å². The molecule has 0 fully saturated rings. The third kappa shape index (κ3) is 4.09. The van der Waals surface area contributed by atoms with Crippen molar-refractivity contribution < 1.29 is 9.90 Å². The van der Waals surface area contributed by atoms with E-state index in [1.807, 2.05) is 20.8 Å². The SMILES string of the molecule is CCC(C)C(C)NC(C(=O)O)C(C)C. The molecule has 0 radical (unpaired) electrons. The second-order valence-electron chi connectivity index (χ2n) is 4.40. The number of carbonyl (C=O) groups is 1. The first-order valence-electron chi connectivity index (χ1n) is 5.39. The minimum atomic E-state index is -0.754. The summed E-state index contributed by atoms with van der Waals surface area (Å²) in [7, 11) is 0. The van der Waals surface area contributed by atoms with Crippen LogP contribution in [-0.4, -0.2) is 23.2 Å². The van der Waals surface area contributed by atoms with Gasteiger partial charge in [-0.25, -0.2) is 0 Å². The maximum atomic E-state index is 10.9. The van der Waals surface area contributed by atoms with Gasteiger partial charge in [-0.2, -0.15) is 0 Å². The van der Waals surface area contributed by atoms with E-state index in [2.05, 4.69) is 19.2 Å². The molecule has 0 aromatic heterocycles. The molecule has 0 aromatic rings. The summed E-state index contributed by atoms with van der Waals surface area (Å²) in [5.74, 6) is -0.121. The summed E-state index contributed by atoms with van der Waals surface area (Å²) in [5.41, 5.74) is 0. The van der Waals surface area contributed by atoms with E-state index in [-0.39, 0.29) is 12.0 Å². The highest BCUT2D eigenvalue weighted by molar-refractivity contribution is 5.73. The zero-order valence-corrected chi connectivity index (χ0v) is 9.87. The van der Waals surface area contributed by atoms with Crippen molar-refractivity contribution in [3.05, 3.63) is 0 Å². The van der Waals surface area contributed by atoms with E-state index in [0.717, 1.165) is 6.42 Å². The van der Waals surface area contributed by atoms with Gasteiger partial charge in [-0.3, -0.25) is 4.79 Å². The lowest BCUT2D eigenvalue weighted by Gasteiger charge is -2.26. The van der Waals surface area contributed by atoms with Crippen LogP contribution in [0.25, 0.3) is 0 Å². The Hall–Kier alpha value is -0.570. The molecule has 0 spiro atoms. The Bertz CT molecular complexity index is 180. The molecule has 0 aliphatic rings. The van der Waals surface area contributed by atoms with E-state index in [4.69, 9.17) is 5.11 Å². The highest BCUT2D eigenvalue weighted by Crippen LogP contribution is 2.10. The first-order chi connectivity index (χ1) is 6.40. The molecule has 3 atom stereocenters. The average molecular weight is 201 g/mol. The van der Waals surface area contributed by atoms with E-state index < -0.39 is 12.0 Å². The Morgan fingerprint density at radius 3 is 2.07 bits per heavy atom. The van der Waals surface area contributed by atoms with Gasteiger partial charge < -0.3 is 10.4 Å². The lowest BCUT2D eigenvalue weighted by atomic mass is 9.97. The third-order valence-corrected chi connectivity index (χ3v) is 2.87. The second-order valence-corrected chi connectivity index (χ2v) is 4.40. The predicted octanol–water partition coefficient (Wildman–Crippen LogP) is 2.12. The van der Waals surface area contributed by atoms with Gasteiger partial charge in [-0.15, -0.1) is 0 Å². The number of rotatable bonds is 6. The summed E-state index contributed by atoms with van der Waals surface area (Å²) in [6.45, 7) is 10.2. The van der Waals surface area contributed by atoms with Gasteiger partial charge in [0.1, 0.15) is 6.04 Å². The van der Waals surface area contributed by atoms with Gasteiger partial charge in [0.2, 0.25) is 0 Å². The van der Waals surface area contributed by atoms with Crippen molar-refractivity contribution in [1.82, 2.24) is 5.32 Å². The van der Waals surface area contributed by atoms with Crippen molar-refractivity contribution in [3.63, 3.8) is 0 Å². The van der Waals surface area contributed by atoms with E-state index in [1.54, 1.807) is 0 Å². The Kier molecular flexibility index (Phi) is 5.77. The molecule has 3 heteroatoms. The summed E-state index contributed by atoms with van der Waals surface area (Å²) in [6, 6.07) is -0.178. The van der Waals surface area contributed by atoms with Crippen LogP contribution in [0.1, 0.15) is 41.0 Å².